The summed E-state index contributed by atoms with van der Waals surface area (Å²) in [5, 5.41) is 0. The molecule has 3 heteroatoms. The standard InChI is InChI=1S/C15H20O3/c1-12(16)4-3-11-18-15-9-7-14(8-10-15)6-5-13(2)17/h7-10H,3-6,11H2,1-2H3. The zero-order valence-corrected chi connectivity index (χ0v) is 11.1. The van der Waals surface area contributed by atoms with Crippen molar-refractivity contribution in [2.24, 2.45) is 0 Å². The first-order chi connectivity index (χ1) is 8.58. The Hall–Kier alpha value is -1.64. The van der Waals surface area contributed by atoms with E-state index in [0.717, 1.165) is 24.2 Å². The molecule has 0 heterocycles. The van der Waals surface area contributed by atoms with Crippen LogP contribution < -0.4 is 4.74 Å². The van der Waals surface area contributed by atoms with Crippen molar-refractivity contribution in [3.8, 4) is 5.75 Å². The van der Waals surface area contributed by atoms with E-state index in [4.69, 9.17) is 4.74 Å². The number of hydrogen-bond acceptors (Lipinski definition) is 3. The number of carbonyl (C=O) groups is 2. The lowest BCUT2D eigenvalue weighted by molar-refractivity contribution is -0.117. The molecule has 1 rings (SSSR count). The maximum Gasteiger partial charge on any atom is 0.130 e. The van der Waals surface area contributed by atoms with Crippen molar-refractivity contribution in [3.63, 3.8) is 0 Å². The molecule has 0 saturated heterocycles. The summed E-state index contributed by atoms with van der Waals surface area (Å²) in [7, 11) is 0. The third kappa shape index (κ3) is 6.18. The second kappa shape index (κ2) is 7.64. The fourth-order valence-electron chi connectivity index (χ4n) is 1.58. The number of ketones is 2. The number of benzene rings is 1. The SMILES string of the molecule is CC(=O)CCCOc1ccc(CCC(C)=O)cc1. The average molecular weight is 248 g/mol. The highest BCUT2D eigenvalue weighted by Crippen LogP contribution is 2.14. The van der Waals surface area contributed by atoms with Crippen LogP contribution >= 0.6 is 0 Å². The van der Waals surface area contributed by atoms with Crippen molar-refractivity contribution in [3.05, 3.63) is 29.8 Å². The molecule has 0 atom stereocenters. The van der Waals surface area contributed by atoms with Crippen molar-refractivity contribution in [1.29, 1.82) is 0 Å². The maximum atomic E-state index is 10.9. The Labute approximate surface area is 108 Å². The lowest BCUT2D eigenvalue weighted by Crippen LogP contribution is -2.00. The molecule has 0 radical (unpaired) electrons. The van der Waals surface area contributed by atoms with E-state index in [-0.39, 0.29) is 11.6 Å². The molecule has 3 nitrogen and oxygen atoms in total. The number of rotatable bonds is 8. The Morgan fingerprint density at radius 1 is 1.00 bits per heavy atom. The molecular formula is C15H20O3. The van der Waals surface area contributed by atoms with Gasteiger partial charge >= 0.3 is 0 Å². The molecule has 0 aliphatic heterocycles. The van der Waals surface area contributed by atoms with E-state index in [1.165, 1.54) is 0 Å². The Morgan fingerprint density at radius 2 is 1.61 bits per heavy atom. The molecule has 0 unspecified atom stereocenters. The summed E-state index contributed by atoms with van der Waals surface area (Å²) in [6, 6.07) is 7.76. The zero-order valence-electron chi connectivity index (χ0n) is 11.1. The molecule has 0 aliphatic carbocycles. The quantitative estimate of drug-likeness (QED) is 0.664. The first kappa shape index (κ1) is 14.4. The smallest absolute Gasteiger partial charge is 0.130 e. The second-order valence-electron chi connectivity index (χ2n) is 4.50. The van der Waals surface area contributed by atoms with Gasteiger partial charge in [0.05, 0.1) is 6.61 Å². The molecule has 0 aliphatic rings. The van der Waals surface area contributed by atoms with Crippen LogP contribution in [-0.2, 0) is 16.0 Å². The maximum absolute atomic E-state index is 10.9. The van der Waals surface area contributed by atoms with Gasteiger partial charge in [-0.15, -0.1) is 0 Å². The van der Waals surface area contributed by atoms with Gasteiger partial charge < -0.3 is 14.3 Å². The normalized spacial score (nSPS) is 10.1. The third-order valence-electron chi connectivity index (χ3n) is 2.63. The fraction of sp³-hybridized carbons (Fsp3) is 0.467. The van der Waals surface area contributed by atoms with Gasteiger partial charge in [0.15, 0.2) is 0 Å². The van der Waals surface area contributed by atoms with E-state index < -0.39 is 0 Å². The van der Waals surface area contributed by atoms with Gasteiger partial charge in [-0.05, 0) is 44.4 Å². The minimum Gasteiger partial charge on any atom is -0.494 e. The highest BCUT2D eigenvalue weighted by molar-refractivity contribution is 5.75. The molecular weight excluding hydrogens is 228 g/mol. The van der Waals surface area contributed by atoms with Crippen molar-refractivity contribution in [2.75, 3.05) is 6.61 Å². The van der Waals surface area contributed by atoms with E-state index in [9.17, 15) is 9.59 Å². The predicted octanol–water partition coefficient (Wildman–Crippen LogP) is 2.96. The summed E-state index contributed by atoms with van der Waals surface area (Å²) in [5.74, 6) is 1.21. The molecule has 0 amide bonds. The van der Waals surface area contributed by atoms with Crippen LogP contribution in [0, 0.1) is 0 Å². The number of aryl methyl sites for hydroxylation is 1. The summed E-state index contributed by atoms with van der Waals surface area (Å²) in [4.78, 5) is 21.6. The number of Topliss-reactive ketones (excluding diaryl/α,β-unsaturated/α-hetero) is 2. The highest BCUT2D eigenvalue weighted by Gasteiger charge is 1.99. The lowest BCUT2D eigenvalue weighted by Gasteiger charge is -2.06. The van der Waals surface area contributed by atoms with Crippen LogP contribution in [0.4, 0.5) is 0 Å². The Balaban J connectivity index is 2.31. The largest absolute Gasteiger partial charge is 0.494 e. The van der Waals surface area contributed by atoms with Crippen LogP contribution in [-0.4, -0.2) is 18.2 Å². The molecule has 18 heavy (non-hydrogen) atoms. The third-order valence-corrected chi connectivity index (χ3v) is 2.63. The van der Waals surface area contributed by atoms with Crippen LogP contribution in [0.5, 0.6) is 5.75 Å². The molecule has 1 aromatic carbocycles. The Bertz CT molecular complexity index is 393. The predicted molar refractivity (Wildman–Crippen MR) is 70.9 cm³/mol. The summed E-state index contributed by atoms with van der Waals surface area (Å²) in [5.41, 5.74) is 1.14. The van der Waals surface area contributed by atoms with Crippen LogP contribution in [0.3, 0.4) is 0 Å². The van der Waals surface area contributed by atoms with Crippen LogP contribution in [0.1, 0.15) is 38.7 Å². The van der Waals surface area contributed by atoms with Gasteiger partial charge in [0.1, 0.15) is 17.3 Å². The van der Waals surface area contributed by atoms with Crippen molar-refractivity contribution in [2.45, 2.75) is 39.5 Å². The Kier molecular flexibility index (Phi) is 6.12. The highest BCUT2D eigenvalue weighted by atomic mass is 16.5. The summed E-state index contributed by atoms with van der Waals surface area (Å²) in [6.07, 6.45) is 2.68. The van der Waals surface area contributed by atoms with Gasteiger partial charge in [-0.1, -0.05) is 12.1 Å². The summed E-state index contributed by atoms with van der Waals surface area (Å²) in [6.45, 7) is 3.75. The lowest BCUT2D eigenvalue weighted by atomic mass is 10.1. The van der Waals surface area contributed by atoms with Gasteiger partial charge in [-0.25, -0.2) is 0 Å². The van der Waals surface area contributed by atoms with Gasteiger partial charge in [0.2, 0.25) is 0 Å². The Morgan fingerprint density at radius 3 is 2.17 bits per heavy atom. The molecule has 0 spiro atoms. The van der Waals surface area contributed by atoms with Crippen LogP contribution in [0.2, 0.25) is 0 Å². The van der Waals surface area contributed by atoms with Crippen molar-refractivity contribution < 1.29 is 14.3 Å². The molecule has 0 bridgehead atoms. The van der Waals surface area contributed by atoms with E-state index >= 15 is 0 Å². The van der Waals surface area contributed by atoms with Gasteiger partial charge in [0, 0.05) is 12.8 Å². The van der Waals surface area contributed by atoms with Gasteiger partial charge in [-0.3, -0.25) is 0 Å². The average Bonchev–Trinajstić information content (AvgIpc) is 2.33. The zero-order chi connectivity index (χ0) is 13.4. The van der Waals surface area contributed by atoms with Gasteiger partial charge in [0.25, 0.3) is 0 Å². The molecule has 0 N–H and O–H groups in total. The molecule has 0 saturated carbocycles. The first-order valence-corrected chi connectivity index (χ1v) is 6.28. The van der Waals surface area contributed by atoms with Crippen molar-refractivity contribution in [1.82, 2.24) is 0 Å². The topological polar surface area (TPSA) is 43.4 Å². The van der Waals surface area contributed by atoms with E-state index in [1.54, 1.807) is 13.8 Å². The van der Waals surface area contributed by atoms with Crippen LogP contribution in [0.15, 0.2) is 24.3 Å². The molecule has 0 aromatic heterocycles. The van der Waals surface area contributed by atoms with E-state index in [0.29, 0.717) is 19.4 Å². The molecule has 98 valence electrons. The van der Waals surface area contributed by atoms with E-state index in [1.807, 2.05) is 24.3 Å². The first-order valence-electron chi connectivity index (χ1n) is 6.28. The minimum atomic E-state index is 0.193. The number of hydrogen-bond donors (Lipinski definition) is 0. The second-order valence-corrected chi connectivity index (χ2v) is 4.50. The van der Waals surface area contributed by atoms with E-state index in [2.05, 4.69) is 0 Å². The minimum absolute atomic E-state index is 0.193. The van der Waals surface area contributed by atoms with Gasteiger partial charge in [-0.2, -0.15) is 0 Å². The monoisotopic (exact) mass is 248 g/mol. The summed E-state index contributed by atoms with van der Waals surface area (Å²) < 4.78 is 5.52. The fourth-order valence-corrected chi connectivity index (χ4v) is 1.58. The number of carbonyl (C=O) groups excluding carboxylic acids is 2. The number of ether oxygens (including phenoxy) is 1. The molecule has 1 aromatic rings. The van der Waals surface area contributed by atoms with Crippen molar-refractivity contribution >= 4 is 11.6 Å². The van der Waals surface area contributed by atoms with Crippen LogP contribution in [0.25, 0.3) is 0 Å². The molecule has 0 fully saturated rings. The summed E-state index contributed by atoms with van der Waals surface area (Å²) >= 11 is 0.